The van der Waals surface area contributed by atoms with Crippen LogP contribution >= 0.6 is 11.6 Å². The van der Waals surface area contributed by atoms with E-state index in [-0.39, 0.29) is 18.2 Å². The molecule has 0 aliphatic carbocycles. The molecule has 2 aromatic carbocycles. The first-order valence-electron chi connectivity index (χ1n) is 9.74. The molecule has 0 unspecified atom stereocenters. The van der Waals surface area contributed by atoms with Crippen molar-refractivity contribution in [3.8, 4) is 5.75 Å². The molecule has 1 aliphatic heterocycles. The van der Waals surface area contributed by atoms with E-state index in [1.807, 2.05) is 0 Å². The number of piperidine rings is 1. The van der Waals surface area contributed by atoms with Gasteiger partial charge in [-0.3, -0.25) is 4.79 Å². The van der Waals surface area contributed by atoms with Crippen molar-refractivity contribution >= 4 is 33.2 Å². The fourth-order valence-electron chi connectivity index (χ4n) is 3.33. The van der Waals surface area contributed by atoms with Crippen LogP contribution < -0.4 is 10.1 Å². The van der Waals surface area contributed by atoms with Crippen LogP contribution in [0, 0.1) is 5.92 Å². The molecule has 160 valence electrons. The highest BCUT2D eigenvalue weighted by Crippen LogP contribution is 2.24. The predicted molar refractivity (Wildman–Crippen MR) is 119 cm³/mol. The molecule has 8 heteroatoms. The molecule has 30 heavy (non-hydrogen) atoms. The number of anilines is 1. The molecule has 6 nitrogen and oxygen atoms in total. The Balaban J connectivity index is 1.59. The van der Waals surface area contributed by atoms with Crippen LogP contribution in [0.2, 0.25) is 5.02 Å². The van der Waals surface area contributed by atoms with Crippen LogP contribution in [0.15, 0.2) is 61.2 Å². The SMILES string of the molecule is C=CCOc1ccc(NC(=O)[C@@H]2CCCN(S(=O)(=O)Cc3ccc(Cl)cc3)C2)cc1. The van der Waals surface area contributed by atoms with Crippen molar-refractivity contribution in [2.24, 2.45) is 5.92 Å². The van der Waals surface area contributed by atoms with Crippen LogP contribution in [0.3, 0.4) is 0 Å². The van der Waals surface area contributed by atoms with E-state index in [2.05, 4.69) is 11.9 Å². The van der Waals surface area contributed by atoms with Crippen LogP contribution in [0.4, 0.5) is 5.69 Å². The zero-order valence-corrected chi connectivity index (χ0v) is 18.2. The number of carbonyl (C=O) groups excluding carboxylic acids is 1. The highest BCUT2D eigenvalue weighted by molar-refractivity contribution is 7.88. The third-order valence-electron chi connectivity index (χ3n) is 4.90. The fourth-order valence-corrected chi connectivity index (χ4v) is 5.06. The maximum atomic E-state index is 12.8. The molecule has 3 rings (SSSR count). The Morgan fingerprint density at radius 3 is 2.57 bits per heavy atom. The van der Waals surface area contributed by atoms with Gasteiger partial charge >= 0.3 is 0 Å². The van der Waals surface area contributed by atoms with Gasteiger partial charge in [0.25, 0.3) is 0 Å². The molecule has 0 bridgehead atoms. The minimum Gasteiger partial charge on any atom is -0.490 e. The molecule has 1 atom stereocenters. The molecular weight excluding hydrogens is 424 g/mol. The molecule has 1 fully saturated rings. The first-order valence-corrected chi connectivity index (χ1v) is 11.7. The number of hydrogen-bond acceptors (Lipinski definition) is 4. The number of nitrogens with zero attached hydrogens (tertiary/aromatic N) is 1. The van der Waals surface area contributed by atoms with Crippen LogP contribution in [-0.4, -0.2) is 38.3 Å². The Morgan fingerprint density at radius 2 is 1.90 bits per heavy atom. The number of halogens is 1. The second-order valence-electron chi connectivity index (χ2n) is 7.19. The number of amides is 1. The summed E-state index contributed by atoms with van der Waals surface area (Å²) in [6.07, 6.45) is 2.96. The van der Waals surface area contributed by atoms with E-state index in [1.54, 1.807) is 54.6 Å². The van der Waals surface area contributed by atoms with Crippen molar-refractivity contribution < 1.29 is 17.9 Å². The summed E-state index contributed by atoms with van der Waals surface area (Å²) in [6, 6.07) is 13.8. The predicted octanol–water partition coefficient (Wildman–Crippen LogP) is 4.09. The van der Waals surface area contributed by atoms with Crippen molar-refractivity contribution in [2.45, 2.75) is 18.6 Å². The molecule has 1 saturated heterocycles. The number of ether oxygens (including phenoxy) is 1. The Labute approximate surface area is 182 Å². The molecule has 0 radical (unpaired) electrons. The number of rotatable bonds is 8. The molecule has 1 aliphatic rings. The van der Waals surface area contributed by atoms with Crippen LogP contribution in [-0.2, 0) is 20.6 Å². The van der Waals surface area contributed by atoms with Gasteiger partial charge in [0.2, 0.25) is 15.9 Å². The van der Waals surface area contributed by atoms with Gasteiger partial charge in [-0.05, 0) is 54.8 Å². The summed E-state index contributed by atoms with van der Waals surface area (Å²) in [4.78, 5) is 12.7. The summed E-state index contributed by atoms with van der Waals surface area (Å²) < 4.78 is 32.5. The van der Waals surface area contributed by atoms with E-state index in [4.69, 9.17) is 16.3 Å². The Morgan fingerprint density at radius 1 is 1.20 bits per heavy atom. The number of benzene rings is 2. The zero-order valence-electron chi connectivity index (χ0n) is 16.6. The minimum absolute atomic E-state index is 0.106. The summed E-state index contributed by atoms with van der Waals surface area (Å²) in [5, 5.41) is 3.43. The average molecular weight is 449 g/mol. The van der Waals surface area contributed by atoms with Gasteiger partial charge in [-0.1, -0.05) is 36.4 Å². The minimum atomic E-state index is -3.52. The lowest BCUT2D eigenvalue weighted by Gasteiger charge is -2.31. The molecule has 0 spiro atoms. The topological polar surface area (TPSA) is 75.7 Å². The van der Waals surface area contributed by atoms with Crippen molar-refractivity contribution in [2.75, 3.05) is 25.0 Å². The number of carbonyl (C=O) groups is 1. The molecule has 1 heterocycles. The van der Waals surface area contributed by atoms with Gasteiger partial charge < -0.3 is 10.1 Å². The third-order valence-corrected chi connectivity index (χ3v) is 6.97. The molecule has 0 aromatic heterocycles. The highest BCUT2D eigenvalue weighted by atomic mass is 35.5. The van der Waals surface area contributed by atoms with Crippen LogP contribution in [0.5, 0.6) is 5.75 Å². The van der Waals surface area contributed by atoms with E-state index in [1.165, 1.54) is 4.31 Å². The first-order chi connectivity index (χ1) is 14.4. The number of hydrogen-bond donors (Lipinski definition) is 1. The first kappa shape index (κ1) is 22.3. The lowest BCUT2D eigenvalue weighted by Crippen LogP contribution is -2.44. The van der Waals surface area contributed by atoms with Gasteiger partial charge in [-0.25, -0.2) is 12.7 Å². The Kier molecular flexibility index (Phi) is 7.53. The largest absolute Gasteiger partial charge is 0.490 e. The van der Waals surface area contributed by atoms with Gasteiger partial charge in [0.1, 0.15) is 12.4 Å². The average Bonchev–Trinajstić information content (AvgIpc) is 2.75. The zero-order chi connectivity index (χ0) is 21.6. The normalized spacial score (nSPS) is 17.3. The standard InChI is InChI=1S/C22H25ClN2O4S/c1-2-14-29-21-11-9-20(10-12-21)24-22(26)18-4-3-13-25(15-18)30(27,28)16-17-5-7-19(23)8-6-17/h2,5-12,18H,1,3-4,13-16H2,(H,24,26)/t18-/m1/s1. The molecule has 0 saturated carbocycles. The maximum Gasteiger partial charge on any atom is 0.228 e. The maximum absolute atomic E-state index is 12.8. The van der Waals surface area contributed by atoms with Gasteiger partial charge in [0, 0.05) is 23.8 Å². The summed E-state index contributed by atoms with van der Waals surface area (Å²) in [6.45, 7) is 4.62. The fraction of sp³-hybridized carbons (Fsp3) is 0.318. The Bertz CT molecular complexity index is 975. The van der Waals surface area contributed by atoms with E-state index < -0.39 is 15.9 Å². The highest BCUT2D eigenvalue weighted by Gasteiger charge is 2.32. The number of sulfonamides is 1. The summed E-state index contributed by atoms with van der Waals surface area (Å²) in [5.41, 5.74) is 1.32. The van der Waals surface area contributed by atoms with Gasteiger partial charge in [-0.15, -0.1) is 0 Å². The second kappa shape index (κ2) is 10.1. The van der Waals surface area contributed by atoms with Crippen molar-refractivity contribution in [1.82, 2.24) is 4.31 Å². The van der Waals surface area contributed by atoms with Crippen molar-refractivity contribution in [1.29, 1.82) is 0 Å². The lowest BCUT2D eigenvalue weighted by atomic mass is 9.99. The smallest absolute Gasteiger partial charge is 0.228 e. The van der Waals surface area contributed by atoms with Gasteiger partial charge in [0.05, 0.1) is 11.7 Å². The number of nitrogens with one attached hydrogen (secondary N) is 1. The van der Waals surface area contributed by atoms with Gasteiger partial charge in [0.15, 0.2) is 0 Å². The molecular formula is C22H25ClN2O4S. The summed E-state index contributed by atoms with van der Waals surface area (Å²) in [7, 11) is -3.52. The molecule has 2 aromatic rings. The third kappa shape index (κ3) is 6.08. The summed E-state index contributed by atoms with van der Waals surface area (Å²) in [5.74, 6) is 0.00614. The molecule has 1 amide bonds. The quantitative estimate of drug-likeness (QED) is 0.617. The van der Waals surface area contributed by atoms with E-state index in [9.17, 15) is 13.2 Å². The van der Waals surface area contributed by atoms with E-state index in [0.29, 0.717) is 48.0 Å². The summed E-state index contributed by atoms with van der Waals surface area (Å²) >= 11 is 5.87. The van der Waals surface area contributed by atoms with E-state index >= 15 is 0 Å². The van der Waals surface area contributed by atoms with Crippen LogP contribution in [0.1, 0.15) is 18.4 Å². The Hall–Kier alpha value is -2.35. The van der Waals surface area contributed by atoms with Gasteiger partial charge in [-0.2, -0.15) is 0 Å². The van der Waals surface area contributed by atoms with E-state index in [0.717, 1.165) is 0 Å². The second-order valence-corrected chi connectivity index (χ2v) is 9.60. The monoisotopic (exact) mass is 448 g/mol. The van der Waals surface area contributed by atoms with Crippen molar-refractivity contribution in [3.05, 3.63) is 71.8 Å². The van der Waals surface area contributed by atoms with Crippen LogP contribution in [0.25, 0.3) is 0 Å². The lowest BCUT2D eigenvalue weighted by molar-refractivity contribution is -0.120. The van der Waals surface area contributed by atoms with Crippen molar-refractivity contribution in [3.63, 3.8) is 0 Å². The molecule has 1 N–H and O–H groups in total.